The first-order chi connectivity index (χ1) is 22.2. The fourth-order valence-corrected chi connectivity index (χ4v) is 7.32. The number of aliphatic hydroxyl groups is 1. The fraction of sp³-hybridized carbons (Fsp3) is 0.444. The van der Waals surface area contributed by atoms with Crippen LogP contribution in [0, 0.1) is 17.8 Å². The first kappa shape index (κ1) is 31.7. The summed E-state index contributed by atoms with van der Waals surface area (Å²) in [5, 5.41) is 13.4. The molecule has 4 heterocycles. The topological polar surface area (TPSA) is 125 Å². The van der Waals surface area contributed by atoms with Crippen LogP contribution in [0.4, 0.5) is 0 Å². The van der Waals surface area contributed by atoms with Gasteiger partial charge in [-0.15, -0.1) is 0 Å². The van der Waals surface area contributed by atoms with Crippen molar-refractivity contribution in [3.05, 3.63) is 96.1 Å². The number of hydrogen-bond acceptors (Lipinski definition) is 7. The summed E-state index contributed by atoms with van der Waals surface area (Å²) in [6.07, 6.45) is 6.08. The molecule has 4 aliphatic rings. The second kappa shape index (κ2) is 13.2. The molecule has 3 amide bonds. The minimum absolute atomic E-state index is 0.0713. The Hall–Kier alpha value is -4.28. The molecule has 0 radical (unpaired) electrons. The van der Waals surface area contributed by atoms with E-state index in [1.807, 2.05) is 80.6 Å². The van der Waals surface area contributed by atoms with Crippen molar-refractivity contribution in [1.82, 2.24) is 15.1 Å². The molecule has 0 aromatic heterocycles. The quantitative estimate of drug-likeness (QED) is 0.373. The molecule has 0 unspecified atom stereocenters. The predicted octanol–water partition coefficient (Wildman–Crippen LogP) is 2.93. The Morgan fingerprint density at radius 3 is 2.39 bits per heavy atom. The lowest BCUT2D eigenvalue weighted by Gasteiger charge is -2.39. The molecule has 10 nitrogen and oxygen atoms in total. The van der Waals surface area contributed by atoms with Crippen LogP contribution in [0.25, 0.3) is 0 Å². The molecule has 2 aromatic carbocycles. The Balaban J connectivity index is 1.43. The third-order valence-corrected chi connectivity index (χ3v) is 9.60. The highest BCUT2D eigenvalue weighted by molar-refractivity contribution is 5.99. The van der Waals surface area contributed by atoms with Gasteiger partial charge in [-0.1, -0.05) is 98.8 Å². The lowest BCUT2D eigenvalue weighted by molar-refractivity contribution is -0.161. The summed E-state index contributed by atoms with van der Waals surface area (Å²) in [6, 6.07) is 17.0. The zero-order valence-corrected chi connectivity index (χ0v) is 26.2. The number of carbonyl (C=O) groups is 4. The summed E-state index contributed by atoms with van der Waals surface area (Å²) in [5.41, 5.74) is 0.162. The van der Waals surface area contributed by atoms with Gasteiger partial charge in [-0.05, 0) is 23.5 Å². The maximum atomic E-state index is 14.7. The van der Waals surface area contributed by atoms with Crippen LogP contribution in [0.2, 0.25) is 0 Å². The summed E-state index contributed by atoms with van der Waals surface area (Å²) in [4.78, 5) is 59.3. The van der Waals surface area contributed by atoms with Crippen LogP contribution in [0.5, 0.6) is 0 Å². The van der Waals surface area contributed by atoms with E-state index in [-0.39, 0.29) is 43.8 Å². The third-order valence-electron chi connectivity index (χ3n) is 9.60. The molecule has 10 heteroatoms. The van der Waals surface area contributed by atoms with Crippen molar-refractivity contribution in [2.24, 2.45) is 17.8 Å². The largest absolute Gasteiger partial charge is 0.455 e. The van der Waals surface area contributed by atoms with Gasteiger partial charge in [0.25, 0.3) is 0 Å². The highest BCUT2D eigenvalue weighted by atomic mass is 16.6. The molecule has 2 fully saturated rings. The van der Waals surface area contributed by atoms with Gasteiger partial charge in [0.15, 0.2) is 0 Å². The third kappa shape index (κ3) is 5.76. The lowest BCUT2D eigenvalue weighted by atomic mass is 9.77. The summed E-state index contributed by atoms with van der Waals surface area (Å²) < 4.78 is 12.9. The number of ether oxygens (including phenoxy) is 2. The number of nitrogens with one attached hydrogen (secondary N) is 1. The molecule has 0 bridgehead atoms. The highest BCUT2D eigenvalue weighted by Gasteiger charge is 2.72. The molecular weight excluding hydrogens is 586 g/mol. The molecule has 2 N–H and O–H groups in total. The van der Waals surface area contributed by atoms with Crippen molar-refractivity contribution >= 4 is 23.7 Å². The van der Waals surface area contributed by atoms with Gasteiger partial charge in [0.2, 0.25) is 17.7 Å². The van der Waals surface area contributed by atoms with Crippen molar-refractivity contribution < 1.29 is 33.8 Å². The van der Waals surface area contributed by atoms with E-state index < -0.39 is 53.6 Å². The lowest BCUT2D eigenvalue weighted by Crippen LogP contribution is -2.59. The average Bonchev–Trinajstić information content (AvgIpc) is 3.44. The van der Waals surface area contributed by atoms with Gasteiger partial charge in [0.1, 0.15) is 23.7 Å². The molecule has 6 rings (SSSR count). The summed E-state index contributed by atoms with van der Waals surface area (Å²) in [6.45, 7) is 4.11. The number of hydrogen-bond donors (Lipinski definition) is 2. The van der Waals surface area contributed by atoms with E-state index in [1.54, 1.807) is 23.1 Å². The van der Waals surface area contributed by atoms with Gasteiger partial charge in [0, 0.05) is 19.5 Å². The number of fused-ring (bicyclic) bond motifs is 2. The first-order valence-corrected chi connectivity index (χ1v) is 16.0. The van der Waals surface area contributed by atoms with Crippen molar-refractivity contribution in [3.8, 4) is 0 Å². The number of aliphatic hydroxyl groups excluding tert-OH is 1. The molecule has 46 heavy (non-hydrogen) atoms. The van der Waals surface area contributed by atoms with Gasteiger partial charge in [0.05, 0.1) is 31.2 Å². The minimum Gasteiger partial charge on any atom is -0.455 e. The summed E-state index contributed by atoms with van der Waals surface area (Å²) >= 11 is 0. The second-order valence-corrected chi connectivity index (χ2v) is 12.8. The maximum Gasteiger partial charge on any atom is 0.313 e. The molecule has 4 aliphatic heterocycles. The van der Waals surface area contributed by atoms with Gasteiger partial charge in [-0.2, -0.15) is 0 Å². The van der Waals surface area contributed by atoms with E-state index in [4.69, 9.17) is 9.47 Å². The van der Waals surface area contributed by atoms with Crippen LogP contribution in [-0.4, -0.2) is 82.1 Å². The molecule has 242 valence electrons. The van der Waals surface area contributed by atoms with E-state index in [0.29, 0.717) is 18.5 Å². The predicted molar refractivity (Wildman–Crippen MR) is 169 cm³/mol. The number of cyclic esters (lactones) is 1. The summed E-state index contributed by atoms with van der Waals surface area (Å²) in [5.74, 6) is -3.88. The van der Waals surface area contributed by atoms with Gasteiger partial charge >= 0.3 is 5.97 Å². The standard InChI is InChI=1S/C36H41N3O7/c1-23(2)26(22-40)39-32-34(43)38(21-24-12-5-3-6-13-24)19-11-18-36(32)31(33(39)42)30-27(46-36)16-9-10-17-29(41)37-20-28(45-35(30)44)25-14-7-4-8-15-25/h3-9,11-16,18,23,26-28,30-32,40H,10,17,19-22H2,1-2H3,(H,37,41)/b16-9-/t26-,27+,28-,30-,31-,32+,36-/m0/s1. The maximum absolute atomic E-state index is 14.7. The fourth-order valence-electron chi connectivity index (χ4n) is 7.32. The Kier molecular flexibility index (Phi) is 9.11. The van der Waals surface area contributed by atoms with Crippen molar-refractivity contribution in [3.63, 3.8) is 0 Å². The molecule has 2 saturated heterocycles. The monoisotopic (exact) mass is 627 g/mol. The van der Waals surface area contributed by atoms with E-state index in [0.717, 1.165) is 5.56 Å². The Bertz CT molecular complexity index is 1510. The first-order valence-electron chi connectivity index (χ1n) is 16.0. The SMILES string of the molecule is CC(C)[C@H](CO)N1C(=O)[C@@H]2[C@H]3C(=O)O[C@H](c4ccccc4)CNC(=O)CC/C=C\[C@H]3O[C@@]23C=CCN(Cc2ccccc2)C(=O)[C@@H]13. The molecule has 0 aliphatic carbocycles. The Labute approximate surface area is 269 Å². The van der Waals surface area contributed by atoms with E-state index >= 15 is 0 Å². The van der Waals surface area contributed by atoms with Crippen LogP contribution in [0.1, 0.15) is 43.9 Å². The number of amides is 3. The molecule has 2 aromatic rings. The number of allylic oxidation sites excluding steroid dienone is 1. The Morgan fingerprint density at radius 1 is 0.978 bits per heavy atom. The summed E-state index contributed by atoms with van der Waals surface area (Å²) in [7, 11) is 0. The van der Waals surface area contributed by atoms with E-state index in [9.17, 15) is 24.3 Å². The normalized spacial score (nSPS) is 31.2. The van der Waals surface area contributed by atoms with Crippen molar-refractivity contribution in [2.45, 2.75) is 63.1 Å². The van der Waals surface area contributed by atoms with Crippen LogP contribution < -0.4 is 5.32 Å². The van der Waals surface area contributed by atoms with Gasteiger partial charge in [-0.3, -0.25) is 19.2 Å². The molecule has 0 saturated carbocycles. The average molecular weight is 628 g/mol. The second-order valence-electron chi connectivity index (χ2n) is 12.8. The highest BCUT2D eigenvalue weighted by Crippen LogP contribution is 2.54. The number of rotatable bonds is 6. The van der Waals surface area contributed by atoms with Crippen molar-refractivity contribution in [1.29, 1.82) is 0 Å². The molecular formula is C36H41N3O7. The van der Waals surface area contributed by atoms with Crippen LogP contribution in [-0.2, 0) is 35.2 Å². The number of likely N-dealkylation sites (tertiary alicyclic amines) is 1. The van der Waals surface area contributed by atoms with E-state index in [2.05, 4.69) is 5.32 Å². The zero-order chi connectivity index (χ0) is 32.4. The van der Waals surface area contributed by atoms with Gasteiger partial charge in [-0.25, -0.2) is 0 Å². The molecule has 7 atom stereocenters. The van der Waals surface area contributed by atoms with E-state index in [1.165, 1.54) is 4.90 Å². The number of benzene rings is 2. The molecule has 1 spiro atoms. The number of esters is 1. The number of carbonyl (C=O) groups excluding carboxylic acids is 4. The van der Waals surface area contributed by atoms with Crippen molar-refractivity contribution in [2.75, 3.05) is 19.7 Å². The number of nitrogens with zero attached hydrogens (tertiary/aromatic N) is 2. The van der Waals surface area contributed by atoms with Crippen LogP contribution in [0.3, 0.4) is 0 Å². The van der Waals surface area contributed by atoms with Crippen LogP contribution >= 0.6 is 0 Å². The smallest absolute Gasteiger partial charge is 0.313 e. The Morgan fingerprint density at radius 2 is 1.70 bits per heavy atom. The minimum atomic E-state index is -1.48. The zero-order valence-electron chi connectivity index (χ0n) is 26.2. The van der Waals surface area contributed by atoms with Gasteiger partial charge < -0.3 is 29.7 Å². The van der Waals surface area contributed by atoms with Crippen LogP contribution in [0.15, 0.2) is 85.0 Å².